The molecule has 2 unspecified atom stereocenters. The van der Waals surface area contributed by atoms with E-state index in [2.05, 4.69) is 40.0 Å². The van der Waals surface area contributed by atoms with Crippen molar-refractivity contribution in [1.82, 2.24) is 10.3 Å². The predicted octanol–water partition coefficient (Wildman–Crippen LogP) is 2.90. The van der Waals surface area contributed by atoms with Crippen LogP contribution >= 0.6 is 11.8 Å². The number of nitrogens with one attached hydrogen (secondary N) is 1. The van der Waals surface area contributed by atoms with Gasteiger partial charge in [0, 0.05) is 31.9 Å². The molecule has 0 spiro atoms. The van der Waals surface area contributed by atoms with Gasteiger partial charge in [-0.25, -0.2) is 4.98 Å². The fraction of sp³-hybridized carbons (Fsp3) is 0.316. The number of methoxy groups -OCH3 is 1. The number of nitrogens with zero attached hydrogens (tertiary/aromatic N) is 2. The smallest absolute Gasteiger partial charge is 0.127 e. The number of anilines is 1. The van der Waals surface area contributed by atoms with Gasteiger partial charge in [0.05, 0.1) is 7.11 Å². The van der Waals surface area contributed by atoms with Gasteiger partial charge in [0.15, 0.2) is 0 Å². The number of nitrogens with two attached hydrogens (primary N) is 1. The van der Waals surface area contributed by atoms with Crippen molar-refractivity contribution in [2.75, 3.05) is 26.1 Å². The van der Waals surface area contributed by atoms with Gasteiger partial charge in [0.2, 0.25) is 0 Å². The van der Waals surface area contributed by atoms with Crippen LogP contribution in [0.4, 0.5) is 5.82 Å². The predicted molar refractivity (Wildman–Crippen MR) is 105 cm³/mol. The van der Waals surface area contributed by atoms with Crippen LogP contribution in [0, 0.1) is 0 Å². The van der Waals surface area contributed by atoms with E-state index in [0.717, 1.165) is 23.7 Å². The Morgan fingerprint density at radius 3 is 2.52 bits per heavy atom. The molecule has 2 heterocycles. The number of rotatable bonds is 6. The Bertz CT molecular complexity index is 728. The maximum atomic E-state index is 6.00. The summed E-state index contributed by atoms with van der Waals surface area (Å²) in [5, 5.41) is 5.50. The number of allylic oxidation sites excluding steroid dienone is 1. The van der Waals surface area contributed by atoms with E-state index in [9.17, 15) is 0 Å². The molecule has 0 saturated heterocycles. The number of hydrogen-bond acceptors (Lipinski definition) is 6. The first-order valence-corrected chi connectivity index (χ1v) is 9.15. The average Bonchev–Trinajstić information content (AvgIpc) is 3.06. The second-order valence-electron chi connectivity index (χ2n) is 6.22. The zero-order valence-corrected chi connectivity index (χ0v) is 15.6. The fourth-order valence-electron chi connectivity index (χ4n) is 2.84. The topological polar surface area (TPSA) is 63.4 Å². The summed E-state index contributed by atoms with van der Waals surface area (Å²) in [7, 11) is 5.67. The molecular weight excluding hydrogens is 332 g/mol. The summed E-state index contributed by atoms with van der Waals surface area (Å²) in [6, 6.07) is 12.4. The zero-order valence-electron chi connectivity index (χ0n) is 14.8. The monoisotopic (exact) mass is 356 g/mol. The molecule has 0 aliphatic carbocycles. The number of ether oxygens (including phenoxy) is 1. The molecule has 1 aromatic heterocycles. The number of benzene rings is 1. The number of aromatic nitrogens is 1. The summed E-state index contributed by atoms with van der Waals surface area (Å²) >= 11 is 1.61. The third-order valence-corrected chi connectivity index (χ3v) is 5.05. The molecule has 1 aromatic carbocycles. The van der Waals surface area contributed by atoms with Crippen LogP contribution in [-0.4, -0.2) is 31.7 Å². The van der Waals surface area contributed by atoms with Crippen LogP contribution in [0.5, 0.6) is 5.75 Å². The highest BCUT2D eigenvalue weighted by atomic mass is 32.2. The normalized spacial score (nSPS) is 17.6. The zero-order chi connectivity index (χ0) is 17.8. The van der Waals surface area contributed by atoms with Crippen LogP contribution in [0.3, 0.4) is 0 Å². The summed E-state index contributed by atoms with van der Waals surface area (Å²) in [4.78, 5) is 6.53. The molecule has 2 atom stereocenters. The van der Waals surface area contributed by atoms with E-state index in [1.807, 2.05) is 37.3 Å². The molecule has 3 N–H and O–H groups in total. The van der Waals surface area contributed by atoms with Gasteiger partial charge in [-0.1, -0.05) is 30.0 Å². The van der Waals surface area contributed by atoms with Gasteiger partial charge in [-0.05, 0) is 41.2 Å². The second kappa shape index (κ2) is 7.80. The van der Waals surface area contributed by atoms with Crippen molar-refractivity contribution in [3.05, 3.63) is 64.8 Å². The van der Waals surface area contributed by atoms with Crippen molar-refractivity contribution < 1.29 is 4.74 Å². The summed E-state index contributed by atoms with van der Waals surface area (Å²) < 4.78 is 5.28. The van der Waals surface area contributed by atoms with Crippen molar-refractivity contribution in [3.63, 3.8) is 0 Å². The molecule has 3 rings (SSSR count). The Morgan fingerprint density at radius 2 is 2.00 bits per heavy atom. The summed E-state index contributed by atoms with van der Waals surface area (Å²) in [6.07, 6.45) is 2.81. The summed E-state index contributed by atoms with van der Waals surface area (Å²) in [6.45, 7) is 0. The Hall–Kier alpha value is -2.18. The van der Waals surface area contributed by atoms with Gasteiger partial charge in [-0.15, -0.1) is 0 Å². The molecule has 6 heteroatoms. The Labute approximate surface area is 153 Å². The Morgan fingerprint density at radius 1 is 1.24 bits per heavy atom. The molecule has 0 fully saturated rings. The van der Waals surface area contributed by atoms with Crippen LogP contribution in [0.2, 0.25) is 0 Å². The number of thioether (sulfide) groups is 1. The molecule has 0 bridgehead atoms. The van der Waals surface area contributed by atoms with Crippen LogP contribution in [-0.2, 0) is 6.42 Å². The average molecular weight is 356 g/mol. The molecule has 0 radical (unpaired) electrons. The highest BCUT2D eigenvalue weighted by molar-refractivity contribution is 8.02. The van der Waals surface area contributed by atoms with Gasteiger partial charge in [0.25, 0.3) is 0 Å². The minimum Gasteiger partial charge on any atom is -0.497 e. The first-order valence-electron chi connectivity index (χ1n) is 8.20. The first kappa shape index (κ1) is 17.6. The van der Waals surface area contributed by atoms with E-state index < -0.39 is 0 Å². The molecule has 132 valence electrons. The maximum absolute atomic E-state index is 6.00. The first-order chi connectivity index (χ1) is 12.1. The second-order valence-corrected chi connectivity index (χ2v) is 7.24. The van der Waals surface area contributed by atoms with Gasteiger partial charge in [-0.2, -0.15) is 0 Å². The lowest BCUT2D eigenvalue weighted by Crippen LogP contribution is -2.31. The maximum Gasteiger partial charge on any atom is 0.127 e. The quantitative estimate of drug-likeness (QED) is 0.830. The molecule has 25 heavy (non-hydrogen) atoms. The van der Waals surface area contributed by atoms with Gasteiger partial charge >= 0.3 is 0 Å². The Kier molecular flexibility index (Phi) is 5.50. The lowest BCUT2D eigenvalue weighted by atomic mass is 9.90. The van der Waals surface area contributed by atoms with E-state index in [1.165, 1.54) is 11.1 Å². The third kappa shape index (κ3) is 4.27. The SMILES string of the molecule is COc1ccc(C(Cc2ccc(N(C)C)nc2)C2=CSC(N)N2)cc1. The Balaban J connectivity index is 1.85. The van der Waals surface area contributed by atoms with E-state index >= 15 is 0 Å². The fourth-order valence-corrected chi connectivity index (χ4v) is 3.57. The molecular formula is C19H24N4OS. The summed E-state index contributed by atoms with van der Waals surface area (Å²) in [5.41, 5.74) is 9.49. The van der Waals surface area contributed by atoms with Gasteiger partial charge in [-0.3, -0.25) is 0 Å². The van der Waals surface area contributed by atoms with Crippen molar-refractivity contribution in [1.29, 1.82) is 0 Å². The molecule has 0 saturated carbocycles. The lowest BCUT2D eigenvalue weighted by molar-refractivity contribution is 0.414. The van der Waals surface area contributed by atoms with E-state index in [1.54, 1.807) is 18.9 Å². The summed E-state index contributed by atoms with van der Waals surface area (Å²) in [5.74, 6) is 2.03. The van der Waals surface area contributed by atoms with Crippen molar-refractivity contribution >= 4 is 17.6 Å². The number of pyridine rings is 1. The molecule has 2 aromatic rings. The van der Waals surface area contributed by atoms with E-state index in [4.69, 9.17) is 10.5 Å². The number of hydrogen-bond donors (Lipinski definition) is 2. The molecule has 0 amide bonds. The highest BCUT2D eigenvalue weighted by Gasteiger charge is 2.23. The van der Waals surface area contributed by atoms with Gasteiger partial charge in [0.1, 0.15) is 17.1 Å². The highest BCUT2D eigenvalue weighted by Crippen LogP contribution is 2.33. The van der Waals surface area contributed by atoms with Crippen molar-refractivity contribution in [2.45, 2.75) is 17.8 Å². The van der Waals surface area contributed by atoms with Crippen LogP contribution in [0.1, 0.15) is 17.0 Å². The van der Waals surface area contributed by atoms with Crippen LogP contribution < -0.4 is 20.7 Å². The van der Waals surface area contributed by atoms with Gasteiger partial charge < -0.3 is 20.7 Å². The van der Waals surface area contributed by atoms with Crippen molar-refractivity contribution in [2.24, 2.45) is 5.73 Å². The molecule has 5 nitrogen and oxygen atoms in total. The molecule has 1 aliphatic rings. The van der Waals surface area contributed by atoms with Crippen LogP contribution in [0.15, 0.2) is 53.7 Å². The van der Waals surface area contributed by atoms with E-state index in [-0.39, 0.29) is 11.4 Å². The molecule has 1 aliphatic heterocycles. The third-order valence-electron chi connectivity index (χ3n) is 4.25. The van der Waals surface area contributed by atoms with Crippen LogP contribution in [0.25, 0.3) is 0 Å². The standard InChI is InChI=1S/C19H24N4OS/c1-23(2)18-9-4-13(11-21-18)10-16(17-12-25-19(20)22-17)14-5-7-15(24-3)8-6-14/h4-9,11-12,16,19,22H,10,20H2,1-3H3. The lowest BCUT2D eigenvalue weighted by Gasteiger charge is -2.21. The van der Waals surface area contributed by atoms with E-state index in [0.29, 0.717) is 0 Å². The minimum absolute atomic E-state index is 0.0787. The largest absolute Gasteiger partial charge is 0.497 e. The van der Waals surface area contributed by atoms with Crippen molar-refractivity contribution in [3.8, 4) is 5.75 Å². The minimum atomic E-state index is -0.0787.